The van der Waals surface area contributed by atoms with Crippen LogP contribution in [0.15, 0.2) is 96.6 Å². The molecule has 4 aromatic carbocycles. The summed E-state index contributed by atoms with van der Waals surface area (Å²) >= 11 is 0. The number of ether oxygens (including phenoxy) is 2. The van der Waals surface area contributed by atoms with E-state index in [1.165, 1.54) is 18.2 Å². The van der Waals surface area contributed by atoms with E-state index in [4.69, 9.17) is 9.47 Å². The van der Waals surface area contributed by atoms with Crippen molar-refractivity contribution in [2.45, 2.75) is 6.92 Å². The van der Waals surface area contributed by atoms with Crippen LogP contribution in [0.5, 0.6) is 5.75 Å². The van der Waals surface area contributed by atoms with Crippen molar-refractivity contribution in [3.8, 4) is 11.8 Å². The molecule has 0 bridgehead atoms. The van der Waals surface area contributed by atoms with Crippen molar-refractivity contribution in [2.24, 2.45) is 0 Å². The highest BCUT2D eigenvalue weighted by Crippen LogP contribution is 2.22. The van der Waals surface area contributed by atoms with Gasteiger partial charge in [0.15, 0.2) is 0 Å². The number of amides is 1. The van der Waals surface area contributed by atoms with E-state index in [0.717, 1.165) is 10.8 Å². The van der Waals surface area contributed by atoms with Crippen LogP contribution in [0.1, 0.15) is 33.2 Å². The highest BCUT2D eigenvalue weighted by molar-refractivity contribution is 6.10. The van der Waals surface area contributed by atoms with Crippen LogP contribution in [0.3, 0.4) is 0 Å². The van der Waals surface area contributed by atoms with Gasteiger partial charge in [0.2, 0.25) is 0 Å². The van der Waals surface area contributed by atoms with Crippen molar-refractivity contribution in [1.29, 1.82) is 5.26 Å². The van der Waals surface area contributed by atoms with Gasteiger partial charge < -0.3 is 14.8 Å². The SMILES string of the molecule is CCOC(=O)c1ccc(NC(=O)/C(C#N)=C/c2ccc(OC(=O)c3cccc4ccccc34)cc2)cc1. The third-order valence-corrected chi connectivity index (χ3v) is 5.43. The molecule has 7 nitrogen and oxygen atoms in total. The lowest BCUT2D eigenvalue weighted by molar-refractivity contribution is -0.112. The minimum absolute atomic E-state index is 0.116. The third-order valence-electron chi connectivity index (χ3n) is 5.43. The molecular formula is C30H22N2O5. The number of fused-ring (bicyclic) bond motifs is 1. The number of hydrogen-bond donors (Lipinski definition) is 1. The smallest absolute Gasteiger partial charge is 0.344 e. The minimum Gasteiger partial charge on any atom is -0.462 e. The quantitative estimate of drug-likeness (QED) is 0.152. The lowest BCUT2D eigenvalue weighted by Crippen LogP contribution is -2.13. The summed E-state index contributed by atoms with van der Waals surface area (Å²) in [5, 5.41) is 13.9. The van der Waals surface area contributed by atoms with Crippen LogP contribution in [0.2, 0.25) is 0 Å². The number of nitrogens with one attached hydrogen (secondary N) is 1. The fourth-order valence-corrected chi connectivity index (χ4v) is 3.62. The molecule has 0 saturated heterocycles. The first-order valence-corrected chi connectivity index (χ1v) is 11.5. The van der Waals surface area contributed by atoms with E-state index >= 15 is 0 Å². The molecule has 0 unspecified atom stereocenters. The Morgan fingerprint density at radius 2 is 1.57 bits per heavy atom. The maximum Gasteiger partial charge on any atom is 0.344 e. The molecule has 0 aliphatic rings. The normalized spacial score (nSPS) is 10.9. The van der Waals surface area contributed by atoms with Gasteiger partial charge in [0, 0.05) is 5.69 Å². The molecule has 7 heteroatoms. The van der Waals surface area contributed by atoms with Crippen LogP contribution >= 0.6 is 0 Å². The molecule has 0 aliphatic heterocycles. The molecule has 1 amide bonds. The van der Waals surface area contributed by atoms with Crippen LogP contribution in [-0.2, 0) is 9.53 Å². The van der Waals surface area contributed by atoms with Gasteiger partial charge in [-0.25, -0.2) is 9.59 Å². The van der Waals surface area contributed by atoms with E-state index in [2.05, 4.69) is 5.32 Å². The largest absolute Gasteiger partial charge is 0.462 e. The van der Waals surface area contributed by atoms with Gasteiger partial charge in [-0.15, -0.1) is 0 Å². The predicted octanol–water partition coefficient (Wildman–Crippen LogP) is 5.78. The molecule has 4 aromatic rings. The van der Waals surface area contributed by atoms with Crippen molar-refractivity contribution in [3.05, 3.63) is 113 Å². The second-order valence-corrected chi connectivity index (χ2v) is 7.91. The number of nitriles is 1. The van der Waals surface area contributed by atoms with E-state index in [9.17, 15) is 19.6 Å². The van der Waals surface area contributed by atoms with Crippen molar-refractivity contribution in [2.75, 3.05) is 11.9 Å². The molecule has 0 spiro atoms. The van der Waals surface area contributed by atoms with E-state index in [1.807, 2.05) is 36.4 Å². The Morgan fingerprint density at radius 3 is 2.27 bits per heavy atom. The van der Waals surface area contributed by atoms with Crippen LogP contribution in [0.4, 0.5) is 5.69 Å². The molecule has 0 heterocycles. The molecule has 1 N–H and O–H groups in total. The maximum atomic E-state index is 12.7. The summed E-state index contributed by atoms with van der Waals surface area (Å²) < 4.78 is 10.5. The van der Waals surface area contributed by atoms with E-state index in [1.54, 1.807) is 55.5 Å². The summed E-state index contributed by atoms with van der Waals surface area (Å²) in [5.74, 6) is -1.20. The van der Waals surface area contributed by atoms with Gasteiger partial charge in [-0.2, -0.15) is 5.26 Å². The molecule has 0 aromatic heterocycles. The van der Waals surface area contributed by atoms with Crippen LogP contribution in [0, 0.1) is 11.3 Å². The lowest BCUT2D eigenvalue weighted by Gasteiger charge is -2.08. The Balaban J connectivity index is 1.42. The number of carbonyl (C=O) groups excluding carboxylic acids is 3. The number of hydrogen-bond acceptors (Lipinski definition) is 6. The van der Waals surface area contributed by atoms with Gasteiger partial charge in [0.05, 0.1) is 17.7 Å². The standard InChI is InChI=1S/C30H22N2O5/c1-2-36-29(34)22-12-14-24(15-13-22)32-28(33)23(19-31)18-20-10-16-25(17-11-20)37-30(35)27-9-5-7-21-6-3-4-8-26(21)27/h3-18H,2H2,1H3,(H,32,33)/b23-18+. The Morgan fingerprint density at radius 1 is 0.865 bits per heavy atom. The summed E-state index contributed by atoms with van der Waals surface area (Å²) in [4.78, 5) is 37.1. The molecule has 4 rings (SSSR count). The number of nitrogens with zero attached hydrogens (tertiary/aromatic N) is 1. The van der Waals surface area contributed by atoms with Gasteiger partial charge in [-0.3, -0.25) is 4.79 Å². The Labute approximate surface area is 213 Å². The van der Waals surface area contributed by atoms with E-state index < -0.39 is 17.8 Å². The number of benzene rings is 4. The topological polar surface area (TPSA) is 105 Å². The van der Waals surface area contributed by atoms with Crippen molar-refractivity contribution in [1.82, 2.24) is 0 Å². The average molecular weight is 491 g/mol. The zero-order chi connectivity index (χ0) is 26.2. The fourth-order valence-electron chi connectivity index (χ4n) is 3.62. The Hall–Kier alpha value is -5.22. The molecule has 182 valence electrons. The first-order valence-electron chi connectivity index (χ1n) is 11.5. The number of esters is 2. The van der Waals surface area contributed by atoms with Gasteiger partial charge in [-0.05, 0) is 71.8 Å². The van der Waals surface area contributed by atoms with Crippen molar-refractivity contribution >= 4 is 40.4 Å². The zero-order valence-corrected chi connectivity index (χ0v) is 19.9. The molecule has 0 aliphatic carbocycles. The third kappa shape index (κ3) is 6.08. The molecular weight excluding hydrogens is 468 g/mol. The summed E-state index contributed by atoms with van der Waals surface area (Å²) in [7, 11) is 0. The Kier molecular flexibility index (Phi) is 7.72. The number of carbonyl (C=O) groups is 3. The zero-order valence-electron chi connectivity index (χ0n) is 19.9. The van der Waals surface area contributed by atoms with Crippen LogP contribution in [0.25, 0.3) is 16.8 Å². The van der Waals surface area contributed by atoms with Crippen LogP contribution < -0.4 is 10.1 Å². The minimum atomic E-state index is -0.599. The van der Waals surface area contributed by atoms with Gasteiger partial charge in [0.1, 0.15) is 17.4 Å². The molecule has 37 heavy (non-hydrogen) atoms. The van der Waals surface area contributed by atoms with Gasteiger partial charge in [-0.1, -0.05) is 48.5 Å². The second kappa shape index (κ2) is 11.5. The fraction of sp³-hybridized carbons (Fsp3) is 0.0667. The molecule has 0 radical (unpaired) electrons. The second-order valence-electron chi connectivity index (χ2n) is 7.91. The molecule has 0 saturated carbocycles. The monoisotopic (exact) mass is 490 g/mol. The maximum absolute atomic E-state index is 12.7. The lowest BCUT2D eigenvalue weighted by atomic mass is 10.0. The highest BCUT2D eigenvalue weighted by atomic mass is 16.5. The first-order chi connectivity index (χ1) is 18.0. The summed E-state index contributed by atoms with van der Waals surface area (Å²) in [6, 6.07) is 27.5. The summed E-state index contributed by atoms with van der Waals surface area (Å²) in [6.45, 7) is 1.98. The van der Waals surface area contributed by atoms with Gasteiger partial charge >= 0.3 is 11.9 Å². The van der Waals surface area contributed by atoms with Crippen molar-refractivity contribution < 1.29 is 23.9 Å². The first kappa shape index (κ1) is 24.9. The highest BCUT2D eigenvalue weighted by Gasteiger charge is 2.13. The number of rotatable bonds is 7. The van der Waals surface area contributed by atoms with Crippen LogP contribution in [-0.4, -0.2) is 24.5 Å². The van der Waals surface area contributed by atoms with E-state index in [-0.39, 0.29) is 12.2 Å². The Bertz CT molecular complexity index is 1530. The summed E-state index contributed by atoms with van der Waals surface area (Å²) in [5.41, 5.74) is 1.71. The summed E-state index contributed by atoms with van der Waals surface area (Å²) in [6.07, 6.45) is 1.43. The predicted molar refractivity (Wildman–Crippen MR) is 140 cm³/mol. The average Bonchev–Trinajstić information content (AvgIpc) is 2.92. The molecule has 0 fully saturated rings. The molecule has 0 atom stereocenters. The van der Waals surface area contributed by atoms with E-state index in [0.29, 0.717) is 28.1 Å². The van der Waals surface area contributed by atoms with Gasteiger partial charge in [0.25, 0.3) is 5.91 Å². The van der Waals surface area contributed by atoms with Crippen molar-refractivity contribution in [3.63, 3.8) is 0 Å². The number of anilines is 1.